The number of halogens is 2. The number of hydrogen-bond donors (Lipinski definition) is 0. The summed E-state index contributed by atoms with van der Waals surface area (Å²) in [5.41, 5.74) is 1.13. The average Bonchev–Trinajstić information content (AvgIpc) is 3.03. The minimum Gasteiger partial charge on any atom is -0.291 e. The maximum absolute atomic E-state index is 12.3. The second-order valence-electron chi connectivity index (χ2n) is 5.22. The van der Waals surface area contributed by atoms with Crippen LogP contribution >= 0.6 is 38.9 Å². The molecule has 23 heavy (non-hydrogen) atoms. The average molecular weight is 414 g/mol. The van der Waals surface area contributed by atoms with Gasteiger partial charge in [0.1, 0.15) is 0 Å². The zero-order chi connectivity index (χ0) is 16.6. The minimum absolute atomic E-state index is 0.380. The van der Waals surface area contributed by atoms with Gasteiger partial charge in [-0.15, -0.1) is 11.3 Å². The standard InChI is InChI=1S/C16H14BrClN2O2S/c1-2-19(8-11-4-6-14(18)23-11)9-20-13-5-3-10(17)7-12(13)15(21)16(20)22/h3-7H,2,8-9H2,1H3. The lowest BCUT2D eigenvalue weighted by Crippen LogP contribution is -2.40. The molecule has 1 aliphatic rings. The second kappa shape index (κ2) is 6.73. The lowest BCUT2D eigenvalue weighted by Gasteiger charge is -2.26. The molecule has 1 aliphatic heterocycles. The van der Waals surface area contributed by atoms with Crippen molar-refractivity contribution in [2.75, 3.05) is 18.1 Å². The van der Waals surface area contributed by atoms with E-state index in [2.05, 4.69) is 20.8 Å². The van der Waals surface area contributed by atoms with Gasteiger partial charge in [0.2, 0.25) is 0 Å². The number of carbonyl (C=O) groups is 2. The monoisotopic (exact) mass is 412 g/mol. The summed E-state index contributed by atoms with van der Waals surface area (Å²) in [5, 5.41) is 0. The molecule has 1 aromatic carbocycles. The van der Waals surface area contributed by atoms with Gasteiger partial charge in [-0.25, -0.2) is 0 Å². The summed E-state index contributed by atoms with van der Waals surface area (Å²) in [4.78, 5) is 29.2. The van der Waals surface area contributed by atoms with E-state index in [1.807, 2.05) is 25.1 Å². The van der Waals surface area contributed by atoms with E-state index in [1.165, 1.54) is 11.3 Å². The third-order valence-electron chi connectivity index (χ3n) is 3.73. The Labute approximate surface area is 151 Å². The molecular formula is C16H14BrClN2O2S. The third-order valence-corrected chi connectivity index (χ3v) is 5.44. The lowest BCUT2D eigenvalue weighted by atomic mass is 10.1. The van der Waals surface area contributed by atoms with Crippen LogP contribution in [0.1, 0.15) is 22.2 Å². The molecule has 2 aromatic rings. The molecule has 0 saturated carbocycles. The van der Waals surface area contributed by atoms with Crippen molar-refractivity contribution >= 4 is 56.2 Å². The van der Waals surface area contributed by atoms with E-state index < -0.39 is 11.7 Å². The van der Waals surface area contributed by atoms with Crippen LogP contribution in [0.3, 0.4) is 0 Å². The fourth-order valence-corrected chi connectivity index (χ4v) is 4.02. The van der Waals surface area contributed by atoms with Gasteiger partial charge in [-0.2, -0.15) is 0 Å². The highest BCUT2D eigenvalue weighted by atomic mass is 79.9. The highest BCUT2D eigenvalue weighted by molar-refractivity contribution is 9.10. The Hall–Kier alpha value is -1.21. The second-order valence-corrected chi connectivity index (χ2v) is 7.93. The fraction of sp³-hybridized carbons (Fsp3) is 0.250. The number of carbonyl (C=O) groups excluding carboxylic acids is 2. The summed E-state index contributed by atoms with van der Waals surface area (Å²) in [5.74, 6) is -0.919. The van der Waals surface area contributed by atoms with Crippen LogP contribution in [0, 0.1) is 0 Å². The molecule has 0 fully saturated rings. The van der Waals surface area contributed by atoms with Gasteiger partial charge < -0.3 is 0 Å². The Bertz CT molecular complexity index is 777. The van der Waals surface area contributed by atoms with E-state index in [9.17, 15) is 9.59 Å². The number of amides is 1. The van der Waals surface area contributed by atoms with Crippen LogP contribution in [0.4, 0.5) is 5.69 Å². The number of thiophene rings is 1. The Balaban J connectivity index is 1.81. The zero-order valence-electron chi connectivity index (χ0n) is 12.4. The summed E-state index contributed by atoms with van der Waals surface area (Å²) in [6.45, 7) is 3.86. The minimum atomic E-state index is -0.472. The molecule has 0 atom stereocenters. The van der Waals surface area contributed by atoms with Crippen molar-refractivity contribution in [1.29, 1.82) is 0 Å². The number of nitrogens with zero attached hydrogens (tertiary/aromatic N) is 2. The molecule has 0 aliphatic carbocycles. The van der Waals surface area contributed by atoms with Gasteiger partial charge in [-0.05, 0) is 36.9 Å². The highest BCUT2D eigenvalue weighted by Gasteiger charge is 2.36. The van der Waals surface area contributed by atoms with Gasteiger partial charge in [0.15, 0.2) is 0 Å². The van der Waals surface area contributed by atoms with Gasteiger partial charge in [0.05, 0.1) is 22.3 Å². The Morgan fingerprint density at radius 1 is 1.26 bits per heavy atom. The van der Waals surface area contributed by atoms with E-state index in [4.69, 9.17) is 11.6 Å². The first-order chi connectivity index (χ1) is 11.0. The SMILES string of the molecule is CCN(Cc1ccc(Cl)s1)CN1C(=O)C(=O)c2cc(Br)ccc21. The van der Waals surface area contributed by atoms with E-state index in [0.717, 1.165) is 20.2 Å². The zero-order valence-corrected chi connectivity index (χ0v) is 15.5. The Morgan fingerprint density at radius 3 is 2.70 bits per heavy atom. The van der Waals surface area contributed by atoms with Crippen molar-refractivity contribution in [3.8, 4) is 0 Å². The highest BCUT2D eigenvalue weighted by Crippen LogP contribution is 2.32. The van der Waals surface area contributed by atoms with Gasteiger partial charge in [0.25, 0.3) is 5.78 Å². The van der Waals surface area contributed by atoms with Crippen LogP contribution in [0.25, 0.3) is 0 Å². The molecule has 7 heteroatoms. The number of anilines is 1. The van der Waals surface area contributed by atoms with Crippen LogP contribution in [-0.4, -0.2) is 29.8 Å². The summed E-state index contributed by atoms with van der Waals surface area (Å²) >= 11 is 10.8. The van der Waals surface area contributed by atoms with Crippen molar-refractivity contribution in [2.24, 2.45) is 0 Å². The van der Waals surface area contributed by atoms with Gasteiger partial charge in [-0.1, -0.05) is 34.5 Å². The number of fused-ring (bicyclic) bond motifs is 1. The number of ketones is 1. The van der Waals surface area contributed by atoms with Gasteiger partial charge in [0, 0.05) is 15.9 Å². The van der Waals surface area contributed by atoms with Crippen molar-refractivity contribution in [3.05, 3.63) is 49.6 Å². The molecule has 0 unspecified atom stereocenters. The number of benzene rings is 1. The van der Waals surface area contributed by atoms with E-state index in [0.29, 0.717) is 24.5 Å². The topological polar surface area (TPSA) is 40.6 Å². The molecule has 3 rings (SSSR count). The molecule has 2 heterocycles. The predicted molar refractivity (Wildman–Crippen MR) is 96.2 cm³/mol. The fourth-order valence-electron chi connectivity index (χ4n) is 2.53. The molecule has 120 valence electrons. The molecule has 0 saturated heterocycles. The summed E-state index contributed by atoms with van der Waals surface area (Å²) in [6.07, 6.45) is 0. The van der Waals surface area contributed by atoms with Crippen molar-refractivity contribution in [3.63, 3.8) is 0 Å². The van der Waals surface area contributed by atoms with E-state index >= 15 is 0 Å². The van der Waals surface area contributed by atoms with E-state index in [1.54, 1.807) is 17.0 Å². The molecule has 4 nitrogen and oxygen atoms in total. The van der Waals surface area contributed by atoms with Crippen molar-refractivity contribution in [2.45, 2.75) is 13.5 Å². The summed E-state index contributed by atoms with van der Waals surface area (Å²) in [7, 11) is 0. The third kappa shape index (κ3) is 3.35. The van der Waals surface area contributed by atoms with Crippen LogP contribution in [-0.2, 0) is 11.3 Å². The number of Topliss-reactive ketones (excluding diaryl/α,β-unsaturated/α-hetero) is 1. The molecule has 0 N–H and O–H groups in total. The maximum atomic E-state index is 12.3. The Morgan fingerprint density at radius 2 is 2.04 bits per heavy atom. The Kier molecular flexibility index (Phi) is 4.87. The van der Waals surface area contributed by atoms with Crippen LogP contribution in [0.15, 0.2) is 34.8 Å². The molecular weight excluding hydrogens is 400 g/mol. The normalized spacial score (nSPS) is 14.0. The van der Waals surface area contributed by atoms with Crippen LogP contribution < -0.4 is 4.90 Å². The van der Waals surface area contributed by atoms with Gasteiger partial charge >= 0.3 is 5.91 Å². The molecule has 0 spiro atoms. The molecule has 1 amide bonds. The summed E-state index contributed by atoms with van der Waals surface area (Å²) < 4.78 is 1.54. The first-order valence-corrected chi connectivity index (χ1v) is 9.10. The van der Waals surface area contributed by atoms with Crippen LogP contribution in [0.2, 0.25) is 4.34 Å². The van der Waals surface area contributed by atoms with Gasteiger partial charge in [-0.3, -0.25) is 19.4 Å². The first-order valence-electron chi connectivity index (χ1n) is 7.12. The van der Waals surface area contributed by atoms with E-state index in [-0.39, 0.29) is 0 Å². The lowest BCUT2D eigenvalue weighted by molar-refractivity contribution is -0.114. The summed E-state index contributed by atoms with van der Waals surface area (Å²) in [6, 6.07) is 9.19. The predicted octanol–water partition coefficient (Wildman–Crippen LogP) is 4.17. The molecule has 0 radical (unpaired) electrons. The maximum Gasteiger partial charge on any atom is 0.300 e. The number of hydrogen-bond acceptors (Lipinski definition) is 4. The molecule has 1 aromatic heterocycles. The number of rotatable bonds is 5. The quantitative estimate of drug-likeness (QED) is 0.691. The van der Waals surface area contributed by atoms with Crippen molar-refractivity contribution < 1.29 is 9.59 Å². The smallest absolute Gasteiger partial charge is 0.291 e. The first kappa shape index (κ1) is 16.6. The van der Waals surface area contributed by atoms with Crippen molar-refractivity contribution in [1.82, 2.24) is 4.90 Å². The largest absolute Gasteiger partial charge is 0.300 e. The molecule has 0 bridgehead atoms. The van der Waals surface area contributed by atoms with Crippen LogP contribution in [0.5, 0.6) is 0 Å².